The van der Waals surface area contributed by atoms with Crippen LogP contribution in [0.15, 0.2) is 12.4 Å². The molecule has 1 unspecified atom stereocenters. The third-order valence-corrected chi connectivity index (χ3v) is 4.31. The molecule has 0 saturated heterocycles. The molecule has 1 fully saturated rings. The van der Waals surface area contributed by atoms with E-state index in [1.165, 1.54) is 25.7 Å². The van der Waals surface area contributed by atoms with E-state index in [4.69, 9.17) is 0 Å². The van der Waals surface area contributed by atoms with Gasteiger partial charge in [-0.2, -0.15) is 0 Å². The van der Waals surface area contributed by atoms with E-state index in [1.807, 2.05) is 17.8 Å². The van der Waals surface area contributed by atoms with Crippen LogP contribution in [0.2, 0.25) is 0 Å². The molecular formula is C13H22N2O. The Labute approximate surface area is 97.5 Å². The van der Waals surface area contributed by atoms with E-state index < -0.39 is 0 Å². The highest BCUT2D eigenvalue weighted by Crippen LogP contribution is 2.44. The van der Waals surface area contributed by atoms with Crippen molar-refractivity contribution in [2.45, 2.75) is 51.6 Å². The third kappa shape index (κ3) is 2.01. The van der Waals surface area contributed by atoms with Gasteiger partial charge in [0, 0.05) is 25.9 Å². The molecule has 0 aliphatic heterocycles. The summed E-state index contributed by atoms with van der Waals surface area (Å²) in [6.07, 6.45) is 10.2. The fourth-order valence-corrected chi connectivity index (χ4v) is 2.98. The van der Waals surface area contributed by atoms with Crippen molar-refractivity contribution in [2.24, 2.45) is 12.5 Å². The SMILES string of the molecule is CCC1(C(O)Cc2nccn2C)CCCC1. The van der Waals surface area contributed by atoms with Crippen molar-refractivity contribution in [3.05, 3.63) is 18.2 Å². The Morgan fingerprint density at radius 3 is 2.69 bits per heavy atom. The van der Waals surface area contributed by atoms with Gasteiger partial charge < -0.3 is 9.67 Å². The van der Waals surface area contributed by atoms with Crippen molar-refractivity contribution in [1.29, 1.82) is 0 Å². The van der Waals surface area contributed by atoms with Gasteiger partial charge in [-0.25, -0.2) is 4.98 Å². The number of aromatic nitrogens is 2. The molecule has 90 valence electrons. The second kappa shape index (κ2) is 4.58. The van der Waals surface area contributed by atoms with Gasteiger partial charge in [0.05, 0.1) is 6.10 Å². The summed E-state index contributed by atoms with van der Waals surface area (Å²) in [6.45, 7) is 2.20. The van der Waals surface area contributed by atoms with Crippen molar-refractivity contribution in [3.63, 3.8) is 0 Å². The molecule has 1 heterocycles. The zero-order valence-corrected chi connectivity index (χ0v) is 10.3. The van der Waals surface area contributed by atoms with Crippen LogP contribution in [0.1, 0.15) is 44.9 Å². The molecule has 0 bridgehead atoms. The van der Waals surface area contributed by atoms with Gasteiger partial charge in [-0.05, 0) is 24.7 Å². The Morgan fingerprint density at radius 2 is 2.19 bits per heavy atom. The van der Waals surface area contributed by atoms with Gasteiger partial charge in [-0.1, -0.05) is 19.8 Å². The molecule has 0 aromatic carbocycles. The van der Waals surface area contributed by atoms with Gasteiger partial charge in [-0.15, -0.1) is 0 Å². The molecule has 1 aliphatic carbocycles. The van der Waals surface area contributed by atoms with Crippen LogP contribution in [-0.4, -0.2) is 20.8 Å². The Morgan fingerprint density at radius 1 is 1.50 bits per heavy atom. The minimum Gasteiger partial charge on any atom is -0.392 e. The summed E-state index contributed by atoms with van der Waals surface area (Å²) in [6, 6.07) is 0. The minimum absolute atomic E-state index is 0.159. The van der Waals surface area contributed by atoms with Gasteiger partial charge in [0.2, 0.25) is 0 Å². The minimum atomic E-state index is -0.235. The molecule has 1 N–H and O–H groups in total. The molecule has 3 heteroatoms. The topological polar surface area (TPSA) is 38.1 Å². The first-order valence-corrected chi connectivity index (χ1v) is 6.32. The quantitative estimate of drug-likeness (QED) is 0.849. The first-order chi connectivity index (χ1) is 7.68. The van der Waals surface area contributed by atoms with E-state index in [0.29, 0.717) is 6.42 Å². The summed E-state index contributed by atoms with van der Waals surface area (Å²) >= 11 is 0. The smallest absolute Gasteiger partial charge is 0.110 e. The largest absolute Gasteiger partial charge is 0.392 e. The lowest BCUT2D eigenvalue weighted by Gasteiger charge is -2.33. The highest BCUT2D eigenvalue weighted by atomic mass is 16.3. The van der Waals surface area contributed by atoms with Gasteiger partial charge in [-0.3, -0.25) is 0 Å². The van der Waals surface area contributed by atoms with Crippen LogP contribution in [0.4, 0.5) is 0 Å². The summed E-state index contributed by atoms with van der Waals surface area (Å²) in [7, 11) is 1.99. The van der Waals surface area contributed by atoms with Crippen molar-refractivity contribution in [2.75, 3.05) is 0 Å². The number of aryl methyl sites for hydroxylation is 1. The Hall–Kier alpha value is -0.830. The van der Waals surface area contributed by atoms with Crippen molar-refractivity contribution in [1.82, 2.24) is 9.55 Å². The van der Waals surface area contributed by atoms with Crippen molar-refractivity contribution >= 4 is 0 Å². The van der Waals surface area contributed by atoms with Gasteiger partial charge in [0.1, 0.15) is 5.82 Å². The lowest BCUT2D eigenvalue weighted by atomic mass is 9.76. The molecule has 2 rings (SSSR count). The first kappa shape index (κ1) is 11.6. The molecule has 1 aromatic heterocycles. The summed E-state index contributed by atoms with van der Waals surface area (Å²) in [5, 5.41) is 10.4. The van der Waals surface area contributed by atoms with Crippen LogP contribution in [0, 0.1) is 5.41 Å². The Kier molecular flexibility index (Phi) is 3.33. The normalized spacial score (nSPS) is 21.2. The molecule has 3 nitrogen and oxygen atoms in total. The number of nitrogens with zero attached hydrogens (tertiary/aromatic N) is 2. The number of imidazole rings is 1. The van der Waals surface area contributed by atoms with E-state index in [0.717, 1.165) is 12.2 Å². The van der Waals surface area contributed by atoms with Crippen LogP contribution in [0.3, 0.4) is 0 Å². The Balaban J connectivity index is 2.07. The second-order valence-corrected chi connectivity index (χ2v) is 5.10. The lowest BCUT2D eigenvalue weighted by molar-refractivity contribution is 0.0238. The van der Waals surface area contributed by atoms with E-state index in [2.05, 4.69) is 11.9 Å². The highest BCUT2D eigenvalue weighted by Gasteiger charge is 2.39. The average molecular weight is 222 g/mol. The predicted octanol–water partition coefficient (Wildman–Crippen LogP) is 2.29. The second-order valence-electron chi connectivity index (χ2n) is 5.10. The zero-order chi connectivity index (χ0) is 11.6. The van der Waals surface area contributed by atoms with Crippen LogP contribution >= 0.6 is 0 Å². The molecule has 0 radical (unpaired) electrons. The predicted molar refractivity (Wildman–Crippen MR) is 64.1 cm³/mol. The monoisotopic (exact) mass is 222 g/mol. The summed E-state index contributed by atoms with van der Waals surface area (Å²) < 4.78 is 2.00. The molecule has 1 aliphatic rings. The molecule has 1 atom stereocenters. The van der Waals surface area contributed by atoms with Crippen LogP contribution < -0.4 is 0 Å². The van der Waals surface area contributed by atoms with Gasteiger partial charge in [0.15, 0.2) is 0 Å². The van der Waals surface area contributed by atoms with Crippen molar-refractivity contribution in [3.8, 4) is 0 Å². The molecule has 0 spiro atoms. The average Bonchev–Trinajstić information content (AvgIpc) is 2.89. The van der Waals surface area contributed by atoms with Crippen LogP contribution in [0.25, 0.3) is 0 Å². The summed E-state index contributed by atoms with van der Waals surface area (Å²) in [5.74, 6) is 0.993. The van der Waals surface area contributed by atoms with Crippen LogP contribution in [-0.2, 0) is 13.5 Å². The summed E-state index contributed by atoms with van der Waals surface area (Å²) in [5.41, 5.74) is 0.159. The molecule has 1 saturated carbocycles. The number of aliphatic hydroxyl groups is 1. The van der Waals surface area contributed by atoms with E-state index in [-0.39, 0.29) is 11.5 Å². The fraction of sp³-hybridized carbons (Fsp3) is 0.769. The summed E-state index contributed by atoms with van der Waals surface area (Å²) in [4.78, 5) is 4.30. The van der Waals surface area contributed by atoms with Crippen molar-refractivity contribution < 1.29 is 5.11 Å². The molecule has 0 amide bonds. The highest BCUT2D eigenvalue weighted by molar-refractivity contribution is 4.99. The Bertz CT molecular complexity index is 339. The maximum Gasteiger partial charge on any atom is 0.110 e. The number of hydrogen-bond donors (Lipinski definition) is 1. The van der Waals surface area contributed by atoms with Gasteiger partial charge >= 0.3 is 0 Å². The number of hydrogen-bond acceptors (Lipinski definition) is 2. The maximum absolute atomic E-state index is 10.4. The number of rotatable bonds is 4. The van der Waals surface area contributed by atoms with E-state index in [9.17, 15) is 5.11 Å². The zero-order valence-electron chi connectivity index (χ0n) is 10.3. The molecular weight excluding hydrogens is 200 g/mol. The van der Waals surface area contributed by atoms with E-state index in [1.54, 1.807) is 6.20 Å². The fourth-order valence-electron chi connectivity index (χ4n) is 2.98. The van der Waals surface area contributed by atoms with Crippen LogP contribution in [0.5, 0.6) is 0 Å². The van der Waals surface area contributed by atoms with Gasteiger partial charge in [0.25, 0.3) is 0 Å². The number of aliphatic hydroxyl groups excluding tert-OH is 1. The maximum atomic E-state index is 10.4. The first-order valence-electron chi connectivity index (χ1n) is 6.32. The molecule has 16 heavy (non-hydrogen) atoms. The van der Waals surface area contributed by atoms with E-state index >= 15 is 0 Å². The lowest BCUT2D eigenvalue weighted by Crippen LogP contribution is -2.34. The standard InChI is InChI=1S/C13H22N2O/c1-3-13(6-4-5-7-13)11(16)10-12-14-8-9-15(12)2/h8-9,11,16H,3-7,10H2,1-2H3. The molecule has 1 aromatic rings. The third-order valence-electron chi connectivity index (χ3n) is 4.31.